The predicted molar refractivity (Wildman–Crippen MR) is 90.5 cm³/mol. The lowest BCUT2D eigenvalue weighted by molar-refractivity contribution is -0.118. The molecule has 0 fully saturated rings. The van der Waals surface area contributed by atoms with Gasteiger partial charge in [0.05, 0.1) is 17.7 Å². The van der Waals surface area contributed by atoms with Crippen molar-refractivity contribution in [3.63, 3.8) is 0 Å². The van der Waals surface area contributed by atoms with Crippen molar-refractivity contribution >= 4 is 35.6 Å². The smallest absolute Gasteiger partial charge is 0.241 e. The standard InChI is InChI=1S/C15H23ClN2O2.ClH/c1-9(2)8-20-13-6-5-11(7-12(13)16)18-15(19)14(17)10(3)4;/h5-7,9-10,14H,8,17H2,1-4H3,(H,18,19);1H. The average molecular weight is 335 g/mol. The van der Waals surface area contributed by atoms with Crippen molar-refractivity contribution in [3.8, 4) is 5.75 Å². The highest BCUT2D eigenvalue weighted by atomic mass is 35.5. The Labute approximate surface area is 137 Å². The number of amides is 1. The molecule has 0 aliphatic heterocycles. The van der Waals surface area contributed by atoms with Gasteiger partial charge in [0.15, 0.2) is 0 Å². The number of carbonyl (C=O) groups is 1. The Balaban J connectivity index is 0.00000400. The van der Waals surface area contributed by atoms with Gasteiger partial charge in [-0.15, -0.1) is 12.4 Å². The van der Waals surface area contributed by atoms with E-state index >= 15 is 0 Å². The summed E-state index contributed by atoms with van der Waals surface area (Å²) in [6.45, 7) is 8.54. The van der Waals surface area contributed by atoms with E-state index in [0.29, 0.717) is 29.0 Å². The molecule has 0 spiro atoms. The molecule has 0 aromatic heterocycles. The summed E-state index contributed by atoms with van der Waals surface area (Å²) in [5.74, 6) is 0.909. The molecule has 6 heteroatoms. The van der Waals surface area contributed by atoms with E-state index in [2.05, 4.69) is 19.2 Å². The van der Waals surface area contributed by atoms with Crippen LogP contribution in [0.4, 0.5) is 5.69 Å². The van der Waals surface area contributed by atoms with E-state index in [1.807, 2.05) is 13.8 Å². The first-order valence-electron chi connectivity index (χ1n) is 6.80. The minimum Gasteiger partial charge on any atom is -0.492 e. The molecule has 3 N–H and O–H groups in total. The molecule has 1 amide bonds. The van der Waals surface area contributed by atoms with Crippen molar-refractivity contribution in [2.45, 2.75) is 33.7 Å². The van der Waals surface area contributed by atoms with Crippen LogP contribution >= 0.6 is 24.0 Å². The first-order valence-corrected chi connectivity index (χ1v) is 7.17. The number of hydrogen-bond acceptors (Lipinski definition) is 3. The minimum atomic E-state index is -0.536. The van der Waals surface area contributed by atoms with Gasteiger partial charge in [-0.3, -0.25) is 4.79 Å². The van der Waals surface area contributed by atoms with Crippen molar-refractivity contribution < 1.29 is 9.53 Å². The first-order chi connectivity index (χ1) is 9.31. The summed E-state index contributed by atoms with van der Waals surface area (Å²) in [6.07, 6.45) is 0. The maximum Gasteiger partial charge on any atom is 0.241 e. The predicted octanol–water partition coefficient (Wildman–Crippen LogP) is 3.72. The van der Waals surface area contributed by atoms with Crippen molar-refractivity contribution in [2.24, 2.45) is 17.6 Å². The Morgan fingerprint density at radius 1 is 1.33 bits per heavy atom. The largest absolute Gasteiger partial charge is 0.492 e. The molecule has 1 atom stereocenters. The first kappa shape index (κ1) is 20.0. The van der Waals surface area contributed by atoms with Crippen LogP contribution in [0.1, 0.15) is 27.7 Å². The topological polar surface area (TPSA) is 64.3 Å². The number of benzene rings is 1. The van der Waals surface area contributed by atoms with Crippen LogP contribution in [0.3, 0.4) is 0 Å². The molecule has 1 rings (SSSR count). The van der Waals surface area contributed by atoms with Crippen LogP contribution in [0.15, 0.2) is 18.2 Å². The van der Waals surface area contributed by atoms with Crippen LogP contribution in [0.5, 0.6) is 5.75 Å². The highest BCUT2D eigenvalue weighted by Gasteiger charge is 2.17. The summed E-state index contributed by atoms with van der Waals surface area (Å²) < 4.78 is 5.57. The number of carbonyl (C=O) groups excluding carboxylic acids is 1. The highest BCUT2D eigenvalue weighted by Crippen LogP contribution is 2.28. The SMILES string of the molecule is CC(C)COc1ccc(NC(=O)C(N)C(C)C)cc1Cl.Cl. The number of ether oxygens (including phenoxy) is 1. The number of nitrogens with two attached hydrogens (primary N) is 1. The van der Waals surface area contributed by atoms with Gasteiger partial charge >= 0.3 is 0 Å². The van der Waals surface area contributed by atoms with Crippen molar-refractivity contribution in [2.75, 3.05) is 11.9 Å². The van der Waals surface area contributed by atoms with Crippen LogP contribution in [0, 0.1) is 11.8 Å². The number of halogens is 2. The van der Waals surface area contributed by atoms with Crippen molar-refractivity contribution in [1.29, 1.82) is 0 Å². The van der Waals surface area contributed by atoms with Crippen LogP contribution < -0.4 is 15.8 Å². The molecule has 4 nitrogen and oxygen atoms in total. The zero-order chi connectivity index (χ0) is 15.3. The third kappa shape index (κ3) is 6.55. The van der Waals surface area contributed by atoms with Gasteiger partial charge in [0.2, 0.25) is 5.91 Å². The quantitative estimate of drug-likeness (QED) is 0.833. The van der Waals surface area contributed by atoms with Gasteiger partial charge in [0.1, 0.15) is 5.75 Å². The Bertz CT molecular complexity index is 465. The van der Waals surface area contributed by atoms with E-state index in [9.17, 15) is 4.79 Å². The lowest BCUT2D eigenvalue weighted by Gasteiger charge is -2.16. The van der Waals surface area contributed by atoms with Crippen LogP contribution in [-0.4, -0.2) is 18.6 Å². The number of hydrogen-bond donors (Lipinski definition) is 2. The Morgan fingerprint density at radius 3 is 2.43 bits per heavy atom. The van der Waals surface area contributed by atoms with Gasteiger partial charge in [-0.2, -0.15) is 0 Å². The van der Waals surface area contributed by atoms with E-state index < -0.39 is 6.04 Å². The summed E-state index contributed by atoms with van der Waals surface area (Å²) in [5.41, 5.74) is 6.41. The van der Waals surface area contributed by atoms with Crippen molar-refractivity contribution in [1.82, 2.24) is 0 Å². The fourth-order valence-corrected chi connectivity index (χ4v) is 1.72. The van der Waals surface area contributed by atoms with Gasteiger partial charge in [-0.1, -0.05) is 39.3 Å². The van der Waals surface area contributed by atoms with E-state index in [-0.39, 0.29) is 24.2 Å². The molecular formula is C15H24Cl2N2O2. The minimum absolute atomic E-state index is 0. The average Bonchev–Trinajstić information content (AvgIpc) is 2.36. The highest BCUT2D eigenvalue weighted by molar-refractivity contribution is 6.32. The summed E-state index contributed by atoms with van der Waals surface area (Å²) in [5, 5.41) is 3.23. The van der Waals surface area contributed by atoms with Crippen LogP contribution in [0.25, 0.3) is 0 Å². The zero-order valence-electron chi connectivity index (χ0n) is 12.9. The lowest BCUT2D eigenvalue weighted by atomic mass is 10.0. The maximum atomic E-state index is 11.9. The number of rotatable bonds is 6. The zero-order valence-corrected chi connectivity index (χ0v) is 14.4. The third-order valence-corrected chi connectivity index (χ3v) is 3.09. The van der Waals surface area contributed by atoms with E-state index in [1.54, 1.807) is 18.2 Å². The summed E-state index contributed by atoms with van der Waals surface area (Å²) in [7, 11) is 0. The molecule has 0 bridgehead atoms. The number of nitrogens with one attached hydrogen (secondary N) is 1. The van der Waals surface area contributed by atoms with E-state index in [0.717, 1.165) is 0 Å². The van der Waals surface area contributed by atoms with E-state index in [1.165, 1.54) is 0 Å². The summed E-state index contributed by atoms with van der Waals surface area (Å²) >= 11 is 6.13. The molecule has 21 heavy (non-hydrogen) atoms. The van der Waals surface area contributed by atoms with Gasteiger partial charge in [-0.05, 0) is 30.0 Å². The molecule has 1 aromatic rings. The second-order valence-corrected chi connectivity index (χ2v) is 6.02. The molecule has 120 valence electrons. The molecule has 0 saturated heterocycles. The lowest BCUT2D eigenvalue weighted by Crippen LogP contribution is -2.39. The van der Waals surface area contributed by atoms with Gasteiger partial charge in [0, 0.05) is 5.69 Å². The van der Waals surface area contributed by atoms with Crippen molar-refractivity contribution in [3.05, 3.63) is 23.2 Å². The molecule has 0 aliphatic rings. The van der Waals surface area contributed by atoms with Crippen LogP contribution in [0.2, 0.25) is 5.02 Å². The maximum absolute atomic E-state index is 11.9. The van der Waals surface area contributed by atoms with Gasteiger partial charge < -0.3 is 15.8 Å². The van der Waals surface area contributed by atoms with Gasteiger partial charge in [0.25, 0.3) is 0 Å². The Kier molecular flexibility index (Phi) is 8.71. The van der Waals surface area contributed by atoms with Gasteiger partial charge in [-0.25, -0.2) is 0 Å². The Hall–Kier alpha value is -0.970. The number of anilines is 1. The second-order valence-electron chi connectivity index (χ2n) is 5.61. The molecule has 0 heterocycles. The second kappa shape index (κ2) is 9.13. The Morgan fingerprint density at radius 2 is 1.95 bits per heavy atom. The molecule has 0 saturated carbocycles. The monoisotopic (exact) mass is 334 g/mol. The normalized spacial score (nSPS) is 12.0. The molecule has 0 aliphatic carbocycles. The molecule has 1 unspecified atom stereocenters. The molecule has 0 radical (unpaired) electrons. The molecular weight excluding hydrogens is 311 g/mol. The third-order valence-electron chi connectivity index (χ3n) is 2.79. The van der Waals surface area contributed by atoms with E-state index in [4.69, 9.17) is 22.1 Å². The fraction of sp³-hybridized carbons (Fsp3) is 0.533. The summed E-state index contributed by atoms with van der Waals surface area (Å²) in [4.78, 5) is 11.9. The van der Waals surface area contributed by atoms with Crippen LogP contribution in [-0.2, 0) is 4.79 Å². The molecule has 1 aromatic carbocycles. The summed E-state index contributed by atoms with van der Waals surface area (Å²) in [6, 6.07) is 4.64. The fourth-order valence-electron chi connectivity index (χ4n) is 1.48.